The number of anilines is 2. The molecule has 0 aliphatic heterocycles. The number of para-hydroxylation sites is 1. The Morgan fingerprint density at radius 2 is 1.81 bits per heavy atom. The van der Waals surface area contributed by atoms with Crippen LogP contribution in [0.25, 0.3) is 22.3 Å². The number of amides is 2. The number of carbonyl (C=O) groups excluding carboxylic acids is 2. The highest BCUT2D eigenvalue weighted by atomic mass is 32.1. The molecule has 4 N–H and O–H groups in total. The van der Waals surface area contributed by atoms with Crippen molar-refractivity contribution in [3.8, 4) is 11.3 Å². The van der Waals surface area contributed by atoms with E-state index in [2.05, 4.69) is 35.6 Å². The summed E-state index contributed by atoms with van der Waals surface area (Å²) in [4.78, 5) is 44.0. The molecule has 5 aromatic rings. The fourth-order valence-electron chi connectivity index (χ4n) is 3.09. The molecule has 0 saturated heterocycles. The number of hydrogen-bond acceptors (Lipinski definition) is 6. The Hall–Kier alpha value is -4.31. The maximum absolute atomic E-state index is 12.7. The molecule has 2 amide bonds. The zero-order valence-corrected chi connectivity index (χ0v) is 16.7. The molecule has 0 bridgehead atoms. The molecule has 0 unspecified atom stereocenters. The van der Waals surface area contributed by atoms with Crippen LogP contribution >= 0.6 is 11.3 Å². The fraction of sp³-hybridized carbons (Fsp3) is 0. The molecule has 5 rings (SSSR count). The lowest BCUT2D eigenvalue weighted by Gasteiger charge is -2.03. The summed E-state index contributed by atoms with van der Waals surface area (Å²) in [5.41, 5.74) is 3.33. The monoisotopic (exact) mass is 429 g/mol. The Bertz CT molecular complexity index is 1370. The summed E-state index contributed by atoms with van der Waals surface area (Å²) in [6, 6.07) is 12.4. The van der Waals surface area contributed by atoms with Crippen LogP contribution < -0.4 is 10.6 Å². The van der Waals surface area contributed by atoms with Crippen LogP contribution in [0.1, 0.15) is 20.8 Å². The maximum atomic E-state index is 12.7. The maximum Gasteiger partial charge on any atom is 0.276 e. The highest BCUT2D eigenvalue weighted by molar-refractivity contribution is 7.08. The topological polar surface area (TPSA) is 128 Å². The fourth-order valence-corrected chi connectivity index (χ4v) is 3.74. The first-order chi connectivity index (χ1) is 15.2. The molecule has 0 fully saturated rings. The van der Waals surface area contributed by atoms with E-state index in [-0.39, 0.29) is 17.5 Å². The number of thiophene rings is 1. The number of pyridine rings is 1. The number of rotatable bonds is 5. The van der Waals surface area contributed by atoms with Crippen molar-refractivity contribution < 1.29 is 9.59 Å². The van der Waals surface area contributed by atoms with Crippen molar-refractivity contribution in [2.75, 3.05) is 10.6 Å². The van der Waals surface area contributed by atoms with Crippen LogP contribution in [0.3, 0.4) is 0 Å². The minimum atomic E-state index is -0.405. The Balaban J connectivity index is 1.39. The summed E-state index contributed by atoms with van der Waals surface area (Å²) >= 11 is 1.56. The average Bonchev–Trinajstić information content (AvgIpc) is 3.55. The molecule has 31 heavy (non-hydrogen) atoms. The smallest absolute Gasteiger partial charge is 0.276 e. The number of carbonyl (C=O) groups is 2. The molecule has 4 aromatic heterocycles. The van der Waals surface area contributed by atoms with E-state index in [1.165, 1.54) is 0 Å². The lowest BCUT2D eigenvalue weighted by atomic mass is 10.2. The van der Waals surface area contributed by atoms with E-state index in [0.29, 0.717) is 22.5 Å². The molecule has 0 aliphatic carbocycles. The van der Waals surface area contributed by atoms with E-state index >= 15 is 0 Å². The zero-order valence-electron chi connectivity index (χ0n) is 15.9. The molecule has 10 heteroatoms. The standard InChI is InChI=1S/C21H15N7O2S/c29-18(27-20-22-8-9-23-20)13-3-1-5-15-17(13)26-21(25-15)28-19(30)16-6-2-4-14(24-16)12-7-10-31-11-12/h1-11H,(H2,22,23,27,29)(H2,25,26,28,30). The summed E-state index contributed by atoms with van der Waals surface area (Å²) in [5.74, 6) is -0.212. The lowest BCUT2D eigenvalue weighted by Crippen LogP contribution is -2.15. The van der Waals surface area contributed by atoms with Gasteiger partial charge in [-0.1, -0.05) is 12.1 Å². The van der Waals surface area contributed by atoms with Gasteiger partial charge in [0.1, 0.15) is 11.2 Å². The van der Waals surface area contributed by atoms with Crippen LogP contribution in [0, 0.1) is 0 Å². The first-order valence-electron chi connectivity index (χ1n) is 9.28. The molecule has 0 radical (unpaired) electrons. The molecular formula is C21H15N7O2S. The molecule has 9 nitrogen and oxygen atoms in total. The molecule has 152 valence electrons. The second kappa shape index (κ2) is 7.84. The van der Waals surface area contributed by atoms with Crippen molar-refractivity contribution in [3.05, 3.63) is 76.9 Å². The van der Waals surface area contributed by atoms with E-state index in [4.69, 9.17) is 0 Å². The molecule has 4 heterocycles. The third-order valence-electron chi connectivity index (χ3n) is 4.52. The van der Waals surface area contributed by atoms with Crippen molar-refractivity contribution in [2.24, 2.45) is 0 Å². The van der Waals surface area contributed by atoms with Crippen molar-refractivity contribution in [1.82, 2.24) is 24.9 Å². The summed E-state index contributed by atoms with van der Waals surface area (Å²) < 4.78 is 0. The van der Waals surface area contributed by atoms with Gasteiger partial charge in [0.2, 0.25) is 11.9 Å². The molecule has 1 aromatic carbocycles. The van der Waals surface area contributed by atoms with Crippen LogP contribution in [-0.2, 0) is 0 Å². The van der Waals surface area contributed by atoms with E-state index < -0.39 is 5.91 Å². The normalized spacial score (nSPS) is 10.8. The predicted octanol–water partition coefficient (Wildman–Crippen LogP) is 3.91. The number of hydrogen-bond donors (Lipinski definition) is 4. The van der Waals surface area contributed by atoms with Gasteiger partial charge < -0.3 is 9.97 Å². The van der Waals surface area contributed by atoms with Gasteiger partial charge in [-0.05, 0) is 35.7 Å². The molecule has 0 aliphatic rings. The van der Waals surface area contributed by atoms with Gasteiger partial charge in [0.25, 0.3) is 11.8 Å². The Morgan fingerprint density at radius 1 is 0.935 bits per heavy atom. The van der Waals surface area contributed by atoms with Gasteiger partial charge in [-0.25, -0.2) is 15.0 Å². The largest absolute Gasteiger partial charge is 0.331 e. The first-order valence-corrected chi connectivity index (χ1v) is 10.2. The van der Waals surface area contributed by atoms with E-state index in [1.807, 2.05) is 22.9 Å². The van der Waals surface area contributed by atoms with E-state index in [9.17, 15) is 9.59 Å². The van der Waals surface area contributed by atoms with Gasteiger partial charge >= 0.3 is 0 Å². The quantitative estimate of drug-likeness (QED) is 0.337. The van der Waals surface area contributed by atoms with Crippen molar-refractivity contribution in [1.29, 1.82) is 0 Å². The van der Waals surface area contributed by atoms with Crippen molar-refractivity contribution in [2.45, 2.75) is 0 Å². The van der Waals surface area contributed by atoms with Gasteiger partial charge in [-0.2, -0.15) is 11.3 Å². The first kappa shape index (κ1) is 18.7. The third kappa shape index (κ3) is 3.79. The third-order valence-corrected chi connectivity index (χ3v) is 5.20. The minimum absolute atomic E-state index is 0.223. The van der Waals surface area contributed by atoms with Crippen molar-refractivity contribution in [3.63, 3.8) is 0 Å². The van der Waals surface area contributed by atoms with Crippen LogP contribution in [0.5, 0.6) is 0 Å². The van der Waals surface area contributed by atoms with Crippen LogP contribution in [0.4, 0.5) is 11.9 Å². The van der Waals surface area contributed by atoms with Crippen LogP contribution in [0.2, 0.25) is 0 Å². The Morgan fingerprint density at radius 3 is 2.61 bits per heavy atom. The number of fused-ring (bicyclic) bond motifs is 1. The summed E-state index contributed by atoms with van der Waals surface area (Å²) in [6.45, 7) is 0. The number of aromatic nitrogens is 5. The van der Waals surface area contributed by atoms with E-state index in [0.717, 1.165) is 11.3 Å². The number of nitrogens with zero attached hydrogens (tertiary/aromatic N) is 3. The summed E-state index contributed by atoms with van der Waals surface area (Å²) in [7, 11) is 0. The second-order valence-corrected chi connectivity index (χ2v) is 7.33. The van der Waals surface area contributed by atoms with Crippen LogP contribution in [0.15, 0.2) is 65.6 Å². The molecule has 0 spiro atoms. The Labute approximate surface area is 179 Å². The number of nitrogens with one attached hydrogen (secondary N) is 4. The van der Waals surface area contributed by atoms with Gasteiger partial charge in [0, 0.05) is 23.3 Å². The summed E-state index contributed by atoms with van der Waals surface area (Å²) in [5, 5.41) is 9.31. The van der Waals surface area contributed by atoms with E-state index in [1.54, 1.807) is 54.1 Å². The Kier molecular flexibility index (Phi) is 4.73. The number of imidazole rings is 2. The zero-order chi connectivity index (χ0) is 21.2. The van der Waals surface area contributed by atoms with Gasteiger partial charge in [0.05, 0.1) is 16.8 Å². The van der Waals surface area contributed by atoms with Gasteiger partial charge in [-0.15, -0.1) is 0 Å². The summed E-state index contributed by atoms with van der Waals surface area (Å²) in [6.07, 6.45) is 3.15. The van der Waals surface area contributed by atoms with Gasteiger partial charge in [-0.3, -0.25) is 20.2 Å². The highest BCUT2D eigenvalue weighted by Crippen LogP contribution is 2.22. The number of aromatic amines is 2. The van der Waals surface area contributed by atoms with Gasteiger partial charge in [0.15, 0.2) is 0 Å². The number of benzene rings is 1. The highest BCUT2D eigenvalue weighted by Gasteiger charge is 2.17. The number of H-pyrrole nitrogens is 2. The molecule has 0 atom stereocenters. The average molecular weight is 429 g/mol. The second-order valence-electron chi connectivity index (χ2n) is 6.55. The predicted molar refractivity (Wildman–Crippen MR) is 118 cm³/mol. The molecular weight excluding hydrogens is 414 g/mol. The van der Waals surface area contributed by atoms with Crippen LogP contribution in [-0.4, -0.2) is 36.7 Å². The minimum Gasteiger partial charge on any atom is -0.331 e. The SMILES string of the molecule is O=C(Nc1nc2c(C(=O)Nc3ncc[nH]3)cccc2[nH]1)c1cccc(-c2ccsc2)n1. The molecule has 0 saturated carbocycles. The van der Waals surface area contributed by atoms with Crippen molar-refractivity contribution >= 4 is 46.1 Å². The lowest BCUT2D eigenvalue weighted by molar-refractivity contribution is 0.101.